The van der Waals surface area contributed by atoms with Gasteiger partial charge < -0.3 is 10.2 Å². The van der Waals surface area contributed by atoms with Crippen LogP contribution in [0, 0.1) is 6.92 Å². The van der Waals surface area contributed by atoms with Crippen molar-refractivity contribution in [3.8, 4) is 11.3 Å². The standard InChI is InChI=1S/C18H25N5/c1-4-16-18(23-8-6-5-7-9-23)22-17(12-21-16)15-10-14(19-3)11-20-13(15)2/h10-12,19H,4-9H2,1-3H3. The summed E-state index contributed by atoms with van der Waals surface area (Å²) in [5, 5.41) is 3.14. The number of rotatable bonds is 4. The highest BCUT2D eigenvalue weighted by Crippen LogP contribution is 2.27. The first-order valence-corrected chi connectivity index (χ1v) is 8.48. The minimum absolute atomic E-state index is 0.907. The fourth-order valence-corrected chi connectivity index (χ4v) is 3.07. The van der Waals surface area contributed by atoms with Gasteiger partial charge in [0.05, 0.1) is 29.5 Å². The number of hydrogen-bond acceptors (Lipinski definition) is 5. The summed E-state index contributed by atoms with van der Waals surface area (Å²) in [6.07, 6.45) is 8.44. The largest absolute Gasteiger partial charge is 0.387 e. The molecule has 23 heavy (non-hydrogen) atoms. The van der Waals surface area contributed by atoms with Crippen molar-refractivity contribution in [1.82, 2.24) is 15.0 Å². The van der Waals surface area contributed by atoms with Crippen LogP contribution in [0.5, 0.6) is 0 Å². The maximum Gasteiger partial charge on any atom is 0.151 e. The number of piperidine rings is 1. The topological polar surface area (TPSA) is 53.9 Å². The molecule has 2 aromatic rings. The number of nitrogens with zero attached hydrogens (tertiary/aromatic N) is 4. The van der Waals surface area contributed by atoms with Gasteiger partial charge in [0.2, 0.25) is 0 Å². The third kappa shape index (κ3) is 3.28. The highest BCUT2D eigenvalue weighted by Gasteiger charge is 2.18. The van der Waals surface area contributed by atoms with Crippen molar-refractivity contribution in [3.05, 3.63) is 29.8 Å². The van der Waals surface area contributed by atoms with Crippen molar-refractivity contribution < 1.29 is 0 Å². The van der Waals surface area contributed by atoms with Gasteiger partial charge in [-0.1, -0.05) is 6.92 Å². The van der Waals surface area contributed by atoms with Gasteiger partial charge in [-0.25, -0.2) is 4.98 Å². The van der Waals surface area contributed by atoms with E-state index in [9.17, 15) is 0 Å². The molecule has 5 nitrogen and oxygen atoms in total. The number of aromatic nitrogens is 3. The molecule has 2 aromatic heterocycles. The predicted octanol–water partition coefficient (Wildman–Crippen LogP) is 3.44. The Labute approximate surface area is 138 Å². The Morgan fingerprint density at radius 1 is 1.13 bits per heavy atom. The third-order valence-corrected chi connectivity index (χ3v) is 4.47. The maximum atomic E-state index is 4.97. The van der Waals surface area contributed by atoms with Crippen molar-refractivity contribution in [2.24, 2.45) is 0 Å². The van der Waals surface area contributed by atoms with Gasteiger partial charge in [-0.2, -0.15) is 0 Å². The highest BCUT2D eigenvalue weighted by molar-refractivity contribution is 5.67. The summed E-state index contributed by atoms with van der Waals surface area (Å²) in [7, 11) is 1.90. The fraction of sp³-hybridized carbons (Fsp3) is 0.500. The molecule has 3 heterocycles. The summed E-state index contributed by atoms with van der Waals surface area (Å²) in [6.45, 7) is 6.33. The van der Waals surface area contributed by atoms with Crippen molar-refractivity contribution in [1.29, 1.82) is 0 Å². The van der Waals surface area contributed by atoms with Crippen molar-refractivity contribution >= 4 is 11.5 Å². The fourth-order valence-electron chi connectivity index (χ4n) is 3.07. The lowest BCUT2D eigenvalue weighted by atomic mass is 10.1. The van der Waals surface area contributed by atoms with Crippen LogP contribution in [0.15, 0.2) is 18.5 Å². The van der Waals surface area contributed by atoms with Gasteiger partial charge >= 0.3 is 0 Å². The summed E-state index contributed by atoms with van der Waals surface area (Å²) < 4.78 is 0. The lowest BCUT2D eigenvalue weighted by Crippen LogP contribution is -2.31. The van der Waals surface area contributed by atoms with E-state index in [1.807, 2.05) is 26.4 Å². The second-order valence-corrected chi connectivity index (χ2v) is 6.03. The minimum Gasteiger partial charge on any atom is -0.387 e. The molecule has 0 bridgehead atoms. The molecule has 0 spiro atoms. The third-order valence-electron chi connectivity index (χ3n) is 4.47. The molecule has 0 amide bonds. The Morgan fingerprint density at radius 3 is 2.61 bits per heavy atom. The highest BCUT2D eigenvalue weighted by atomic mass is 15.2. The van der Waals surface area contributed by atoms with Crippen LogP contribution < -0.4 is 10.2 Å². The minimum atomic E-state index is 0.907. The lowest BCUT2D eigenvalue weighted by Gasteiger charge is -2.29. The molecule has 122 valence electrons. The normalized spacial score (nSPS) is 14.8. The zero-order chi connectivity index (χ0) is 16.2. The molecule has 1 aliphatic rings. The number of nitrogens with one attached hydrogen (secondary N) is 1. The van der Waals surface area contributed by atoms with E-state index in [1.54, 1.807) is 0 Å². The first-order valence-electron chi connectivity index (χ1n) is 8.48. The molecular formula is C18H25N5. The second kappa shape index (κ2) is 6.94. The molecule has 0 radical (unpaired) electrons. The molecule has 3 rings (SSSR count). The molecule has 0 atom stereocenters. The smallest absolute Gasteiger partial charge is 0.151 e. The molecule has 1 fully saturated rings. The Morgan fingerprint density at radius 2 is 1.91 bits per heavy atom. The van der Waals surface area contributed by atoms with Gasteiger partial charge in [-0.05, 0) is 38.7 Å². The van der Waals surface area contributed by atoms with Gasteiger partial charge in [0.1, 0.15) is 0 Å². The number of anilines is 2. The zero-order valence-corrected chi connectivity index (χ0v) is 14.3. The molecular weight excluding hydrogens is 286 g/mol. The van der Waals surface area contributed by atoms with E-state index >= 15 is 0 Å². The van der Waals surface area contributed by atoms with Gasteiger partial charge in [-0.15, -0.1) is 0 Å². The van der Waals surface area contributed by atoms with E-state index in [-0.39, 0.29) is 0 Å². The monoisotopic (exact) mass is 311 g/mol. The predicted molar refractivity (Wildman–Crippen MR) is 95.0 cm³/mol. The Balaban J connectivity index is 2.03. The van der Waals surface area contributed by atoms with Gasteiger partial charge in [0.15, 0.2) is 5.82 Å². The van der Waals surface area contributed by atoms with Gasteiger partial charge in [0.25, 0.3) is 0 Å². The molecule has 1 N–H and O–H groups in total. The Bertz CT molecular complexity index is 677. The molecule has 1 aliphatic heterocycles. The van der Waals surface area contributed by atoms with E-state index in [0.717, 1.165) is 53.7 Å². The summed E-state index contributed by atoms with van der Waals surface area (Å²) in [6, 6.07) is 2.10. The van der Waals surface area contributed by atoms with Crippen LogP contribution in [0.4, 0.5) is 11.5 Å². The van der Waals surface area contributed by atoms with Gasteiger partial charge in [0, 0.05) is 31.4 Å². The second-order valence-electron chi connectivity index (χ2n) is 6.03. The first-order chi connectivity index (χ1) is 11.2. The van der Waals surface area contributed by atoms with Gasteiger partial charge in [-0.3, -0.25) is 9.97 Å². The number of hydrogen-bond donors (Lipinski definition) is 1. The van der Waals surface area contributed by atoms with E-state index < -0.39 is 0 Å². The first kappa shape index (κ1) is 15.7. The average Bonchev–Trinajstić information content (AvgIpc) is 2.62. The molecule has 1 saturated heterocycles. The van der Waals surface area contributed by atoms with Crippen molar-refractivity contribution in [2.45, 2.75) is 39.5 Å². The molecule has 0 saturated carbocycles. The number of aryl methyl sites for hydroxylation is 2. The van der Waals surface area contributed by atoms with E-state index in [2.05, 4.69) is 28.2 Å². The van der Waals surface area contributed by atoms with E-state index in [0.29, 0.717) is 0 Å². The molecule has 0 aromatic carbocycles. The van der Waals surface area contributed by atoms with Crippen LogP contribution in [0.1, 0.15) is 37.6 Å². The lowest BCUT2D eigenvalue weighted by molar-refractivity contribution is 0.570. The van der Waals surface area contributed by atoms with Crippen LogP contribution >= 0.6 is 0 Å². The molecule has 5 heteroatoms. The summed E-state index contributed by atoms with van der Waals surface area (Å²) >= 11 is 0. The molecule has 0 aliphatic carbocycles. The average molecular weight is 311 g/mol. The summed E-state index contributed by atoms with van der Waals surface area (Å²) in [5.74, 6) is 1.05. The van der Waals surface area contributed by atoms with Crippen molar-refractivity contribution in [3.63, 3.8) is 0 Å². The summed E-state index contributed by atoms with van der Waals surface area (Å²) in [4.78, 5) is 16.5. The van der Waals surface area contributed by atoms with Crippen LogP contribution in [0.3, 0.4) is 0 Å². The van der Waals surface area contributed by atoms with Crippen molar-refractivity contribution in [2.75, 3.05) is 30.4 Å². The van der Waals surface area contributed by atoms with E-state index in [1.165, 1.54) is 19.3 Å². The quantitative estimate of drug-likeness (QED) is 0.937. The van der Waals surface area contributed by atoms with E-state index in [4.69, 9.17) is 9.97 Å². The number of pyridine rings is 1. The molecule has 0 unspecified atom stereocenters. The SMILES string of the molecule is CCc1ncc(-c2cc(NC)cnc2C)nc1N1CCCCC1. The Kier molecular flexibility index (Phi) is 4.74. The van der Waals surface area contributed by atoms with Crippen LogP contribution in [-0.4, -0.2) is 35.1 Å². The van der Waals surface area contributed by atoms with Crippen LogP contribution in [-0.2, 0) is 6.42 Å². The summed E-state index contributed by atoms with van der Waals surface area (Å²) in [5.41, 5.74) is 5.01. The van der Waals surface area contributed by atoms with Crippen LogP contribution in [0.2, 0.25) is 0 Å². The zero-order valence-electron chi connectivity index (χ0n) is 14.3. The maximum absolute atomic E-state index is 4.97. The van der Waals surface area contributed by atoms with Crippen LogP contribution in [0.25, 0.3) is 11.3 Å². The Hall–Kier alpha value is -2.17.